The van der Waals surface area contributed by atoms with Gasteiger partial charge < -0.3 is 16.3 Å². The molecule has 0 aliphatic carbocycles. The van der Waals surface area contributed by atoms with Gasteiger partial charge in [-0.3, -0.25) is 4.79 Å². The SMILES string of the molecule is CC(CC(=O)Nc1ccc(C(N)=NO)cc1)C(C)(C)C. The summed E-state index contributed by atoms with van der Waals surface area (Å²) in [6, 6.07) is 6.84. The van der Waals surface area contributed by atoms with Gasteiger partial charge in [0.15, 0.2) is 5.84 Å². The topological polar surface area (TPSA) is 87.7 Å². The van der Waals surface area contributed by atoms with Gasteiger partial charge in [-0.1, -0.05) is 32.9 Å². The standard InChI is InChI=1S/C15H23N3O2/c1-10(15(2,3)4)9-13(19)17-12-7-5-11(6-8-12)14(16)18-20/h5-8,10,20H,9H2,1-4H3,(H2,16,18)(H,17,19). The van der Waals surface area contributed by atoms with Crippen LogP contribution in [0.4, 0.5) is 5.69 Å². The van der Waals surface area contributed by atoms with Crippen molar-refractivity contribution in [2.75, 3.05) is 5.32 Å². The van der Waals surface area contributed by atoms with Gasteiger partial charge in [-0.2, -0.15) is 0 Å². The van der Waals surface area contributed by atoms with E-state index < -0.39 is 0 Å². The summed E-state index contributed by atoms with van der Waals surface area (Å²) < 4.78 is 0. The molecule has 1 aromatic rings. The lowest BCUT2D eigenvalue weighted by Gasteiger charge is -2.26. The average Bonchev–Trinajstić information content (AvgIpc) is 2.37. The molecule has 1 atom stereocenters. The second-order valence-electron chi connectivity index (χ2n) is 6.08. The van der Waals surface area contributed by atoms with E-state index in [0.29, 0.717) is 23.6 Å². The monoisotopic (exact) mass is 277 g/mol. The van der Waals surface area contributed by atoms with Crippen molar-refractivity contribution in [3.8, 4) is 0 Å². The summed E-state index contributed by atoms with van der Waals surface area (Å²) >= 11 is 0. The molecule has 0 fully saturated rings. The molecule has 0 saturated carbocycles. The smallest absolute Gasteiger partial charge is 0.224 e. The fourth-order valence-electron chi connectivity index (χ4n) is 1.58. The Morgan fingerprint density at radius 2 is 1.90 bits per heavy atom. The first-order valence-corrected chi connectivity index (χ1v) is 6.62. The van der Waals surface area contributed by atoms with Gasteiger partial charge >= 0.3 is 0 Å². The molecule has 1 unspecified atom stereocenters. The molecule has 0 saturated heterocycles. The molecule has 0 heterocycles. The van der Waals surface area contributed by atoms with Crippen LogP contribution in [0.2, 0.25) is 0 Å². The summed E-state index contributed by atoms with van der Waals surface area (Å²) in [5.74, 6) is 0.326. The van der Waals surface area contributed by atoms with Crippen molar-refractivity contribution in [2.45, 2.75) is 34.1 Å². The number of nitrogens with zero attached hydrogens (tertiary/aromatic N) is 1. The molecule has 1 amide bonds. The number of hydrogen-bond donors (Lipinski definition) is 3. The maximum atomic E-state index is 11.9. The van der Waals surface area contributed by atoms with Crippen LogP contribution >= 0.6 is 0 Å². The highest BCUT2D eigenvalue weighted by atomic mass is 16.4. The first kappa shape index (κ1) is 16.0. The van der Waals surface area contributed by atoms with Crippen LogP contribution in [0.1, 0.15) is 39.7 Å². The van der Waals surface area contributed by atoms with Gasteiger partial charge in [0.2, 0.25) is 5.91 Å². The molecule has 1 rings (SSSR count). The number of nitrogens with one attached hydrogen (secondary N) is 1. The lowest BCUT2D eigenvalue weighted by molar-refractivity contribution is -0.117. The number of oxime groups is 1. The Bertz CT molecular complexity index is 487. The highest BCUT2D eigenvalue weighted by Gasteiger charge is 2.22. The molecule has 0 aromatic heterocycles. The van der Waals surface area contributed by atoms with E-state index in [-0.39, 0.29) is 17.2 Å². The fraction of sp³-hybridized carbons (Fsp3) is 0.467. The lowest BCUT2D eigenvalue weighted by Crippen LogP contribution is -2.24. The minimum atomic E-state index is -0.0102. The van der Waals surface area contributed by atoms with E-state index in [1.54, 1.807) is 24.3 Å². The summed E-state index contributed by atoms with van der Waals surface area (Å²) in [6.07, 6.45) is 0.478. The van der Waals surface area contributed by atoms with Crippen LogP contribution in [0.5, 0.6) is 0 Å². The Kier molecular flexibility index (Phi) is 5.13. The number of anilines is 1. The molecule has 110 valence electrons. The van der Waals surface area contributed by atoms with Crippen molar-refractivity contribution >= 4 is 17.4 Å². The van der Waals surface area contributed by atoms with Crippen LogP contribution in [0, 0.1) is 11.3 Å². The van der Waals surface area contributed by atoms with E-state index >= 15 is 0 Å². The largest absolute Gasteiger partial charge is 0.409 e. The van der Waals surface area contributed by atoms with E-state index in [1.807, 2.05) is 0 Å². The number of rotatable bonds is 4. The summed E-state index contributed by atoms with van der Waals surface area (Å²) in [6.45, 7) is 8.44. The highest BCUT2D eigenvalue weighted by molar-refractivity contribution is 5.98. The second kappa shape index (κ2) is 6.41. The number of hydrogen-bond acceptors (Lipinski definition) is 3. The van der Waals surface area contributed by atoms with E-state index in [0.717, 1.165) is 0 Å². The maximum absolute atomic E-state index is 11.9. The molecular formula is C15H23N3O2. The Balaban J connectivity index is 2.63. The zero-order valence-corrected chi connectivity index (χ0v) is 12.5. The van der Waals surface area contributed by atoms with Gasteiger partial charge in [0.25, 0.3) is 0 Å². The van der Waals surface area contributed by atoms with Gasteiger partial charge in [-0.25, -0.2) is 0 Å². The first-order valence-electron chi connectivity index (χ1n) is 6.62. The molecule has 0 aliphatic heterocycles. The number of amidine groups is 1. The average molecular weight is 277 g/mol. The van der Waals surface area contributed by atoms with E-state index in [9.17, 15) is 4.79 Å². The lowest BCUT2D eigenvalue weighted by atomic mass is 9.80. The zero-order chi connectivity index (χ0) is 15.3. The summed E-state index contributed by atoms with van der Waals surface area (Å²) in [5.41, 5.74) is 6.88. The molecule has 0 radical (unpaired) electrons. The number of benzene rings is 1. The molecule has 0 aliphatic rings. The fourth-order valence-corrected chi connectivity index (χ4v) is 1.58. The zero-order valence-electron chi connectivity index (χ0n) is 12.5. The van der Waals surface area contributed by atoms with E-state index in [2.05, 4.69) is 38.2 Å². The van der Waals surface area contributed by atoms with Gasteiger partial charge in [0, 0.05) is 17.7 Å². The van der Waals surface area contributed by atoms with Crippen molar-refractivity contribution in [3.05, 3.63) is 29.8 Å². The van der Waals surface area contributed by atoms with Gasteiger partial charge in [-0.05, 0) is 35.6 Å². The third-order valence-corrected chi connectivity index (χ3v) is 3.54. The van der Waals surface area contributed by atoms with Crippen LogP contribution in [0.3, 0.4) is 0 Å². The minimum Gasteiger partial charge on any atom is -0.409 e. The van der Waals surface area contributed by atoms with Crippen molar-refractivity contribution in [2.24, 2.45) is 22.2 Å². The molecule has 0 bridgehead atoms. The second-order valence-corrected chi connectivity index (χ2v) is 6.08. The van der Waals surface area contributed by atoms with Crippen LogP contribution < -0.4 is 11.1 Å². The number of carbonyl (C=O) groups is 1. The highest BCUT2D eigenvalue weighted by Crippen LogP contribution is 2.28. The summed E-state index contributed by atoms with van der Waals surface area (Å²) in [7, 11) is 0. The van der Waals surface area contributed by atoms with Crippen molar-refractivity contribution in [1.29, 1.82) is 0 Å². The number of nitrogens with two attached hydrogens (primary N) is 1. The predicted octanol–water partition coefficient (Wildman–Crippen LogP) is 2.79. The normalized spacial score (nSPS) is 13.9. The van der Waals surface area contributed by atoms with Gasteiger partial charge in [-0.15, -0.1) is 0 Å². The maximum Gasteiger partial charge on any atom is 0.224 e. The first-order chi connectivity index (χ1) is 9.24. The van der Waals surface area contributed by atoms with Gasteiger partial charge in [0.05, 0.1) is 0 Å². The number of amides is 1. The van der Waals surface area contributed by atoms with Crippen LogP contribution in [0.15, 0.2) is 29.4 Å². The third-order valence-electron chi connectivity index (χ3n) is 3.54. The predicted molar refractivity (Wildman–Crippen MR) is 80.8 cm³/mol. The Hall–Kier alpha value is -2.04. The Labute approximate surface area is 119 Å². The van der Waals surface area contributed by atoms with Crippen molar-refractivity contribution < 1.29 is 10.0 Å². The third kappa shape index (κ3) is 4.57. The molecule has 0 spiro atoms. The van der Waals surface area contributed by atoms with Crippen molar-refractivity contribution in [3.63, 3.8) is 0 Å². The summed E-state index contributed by atoms with van der Waals surface area (Å²) in [5, 5.41) is 14.3. The van der Waals surface area contributed by atoms with Crippen LogP contribution in [-0.4, -0.2) is 17.0 Å². The molecular weight excluding hydrogens is 254 g/mol. The van der Waals surface area contributed by atoms with Gasteiger partial charge in [0.1, 0.15) is 0 Å². The van der Waals surface area contributed by atoms with E-state index in [4.69, 9.17) is 10.9 Å². The number of carbonyl (C=O) groups excluding carboxylic acids is 1. The Morgan fingerprint density at radius 1 is 1.35 bits per heavy atom. The Morgan fingerprint density at radius 3 is 2.35 bits per heavy atom. The molecule has 5 nitrogen and oxygen atoms in total. The molecule has 4 N–H and O–H groups in total. The van der Waals surface area contributed by atoms with Crippen LogP contribution in [-0.2, 0) is 4.79 Å². The van der Waals surface area contributed by atoms with Crippen LogP contribution in [0.25, 0.3) is 0 Å². The summed E-state index contributed by atoms with van der Waals surface area (Å²) in [4.78, 5) is 11.9. The van der Waals surface area contributed by atoms with E-state index in [1.165, 1.54) is 0 Å². The molecule has 20 heavy (non-hydrogen) atoms. The molecule has 1 aromatic carbocycles. The molecule has 5 heteroatoms. The minimum absolute atomic E-state index is 0.0102. The van der Waals surface area contributed by atoms with Crippen molar-refractivity contribution in [1.82, 2.24) is 0 Å². The quantitative estimate of drug-likeness (QED) is 0.342.